The standard InChI is InChI=1S/C5H6N4O5/c10-3(11)1-8-5(14)9(7-6-8)2-4(12)13/h1-2H2,(H,10,11)(H,12,13). The van der Waals surface area contributed by atoms with Crippen molar-refractivity contribution >= 4 is 11.9 Å². The molecule has 14 heavy (non-hydrogen) atoms. The van der Waals surface area contributed by atoms with Gasteiger partial charge in [0, 0.05) is 0 Å². The van der Waals surface area contributed by atoms with Gasteiger partial charge in [-0.1, -0.05) is 0 Å². The molecule has 0 aliphatic rings. The topological polar surface area (TPSA) is 127 Å². The minimum atomic E-state index is -1.26. The number of hydrogen-bond acceptors (Lipinski definition) is 5. The Balaban J connectivity index is 2.91. The van der Waals surface area contributed by atoms with Crippen molar-refractivity contribution in [3.05, 3.63) is 10.5 Å². The number of rotatable bonds is 4. The molecule has 0 saturated carbocycles. The summed E-state index contributed by atoms with van der Waals surface area (Å²) in [5, 5.41) is 23.0. The predicted molar refractivity (Wildman–Crippen MR) is 39.6 cm³/mol. The summed E-state index contributed by atoms with van der Waals surface area (Å²) >= 11 is 0. The molecule has 1 heterocycles. The first-order chi connectivity index (χ1) is 6.50. The van der Waals surface area contributed by atoms with Crippen molar-refractivity contribution in [3.8, 4) is 0 Å². The summed E-state index contributed by atoms with van der Waals surface area (Å²) in [5.74, 6) is -2.51. The lowest BCUT2D eigenvalue weighted by molar-refractivity contribution is -0.138. The van der Waals surface area contributed by atoms with Gasteiger partial charge in [-0.3, -0.25) is 9.59 Å². The van der Waals surface area contributed by atoms with E-state index in [9.17, 15) is 14.4 Å². The molecule has 0 amide bonds. The molecule has 0 aliphatic carbocycles. The highest BCUT2D eigenvalue weighted by Crippen LogP contribution is 1.77. The molecule has 1 aromatic heterocycles. The number of hydrogen-bond donors (Lipinski definition) is 2. The van der Waals surface area contributed by atoms with Gasteiger partial charge in [-0.15, -0.1) is 0 Å². The van der Waals surface area contributed by atoms with Gasteiger partial charge in [0.25, 0.3) is 0 Å². The maximum absolute atomic E-state index is 11.1. The highest BCUT2D eigenvalue weighted by Gasteiger charge is 2.11. The summed E-state index contributed by atoms with van der Waals surface area (Å²) in [7, 11) is 0. The Hall–Kier alpha value is -2.19. The summed E-state index contributed by atoms with van der Waals surface area (Å²) < 4.78 is 1.12. The third kappa shape index (κ3) is 2.15. The minimum Gasteiger partial charge on any atom is -0.480 e. The molecule has 2 N–H and O–H groups in total. The molecule has 0 atom stereocenters. The average molecular weight is 202 g/mol. The Kier molecular flexibility index (Phi) is 2.60. The number of aliphatic carboxylic acids is 2. The molecule has 0 spiro atoms. The Bertz CT molecular complexity index is 382. The normalized spacial score (nSPS) is 10.0. The van der Waals surface area contributed by atoms with Crippen LogP contribution in [0.25, 0.3) is 0 Å². The van der Waals surface area contributed by atoms with E-state index in [1.54, 1.807) is 0 Å². The van der Waals surface area contributed by atoms with Crippen LogP contribution in [0.2, 0.25) is 0 Å². The van der Waals surface area contributed by atoms with E-state index in [1.165, 1.54) is 0 Å². The Morgan fingerprint density at radius 2 is 1.43 bits per heavy atom. The van der Waals surface area contributed by atoms with Gasteiger partial charge < -0.3 is 10.2 Å². The first-order valence-electron chi connectivity index (χ1n) is 3.45. The van der Waals surface area contributed by atoms with Crippen molar-refractivity contribution in [2.24, 2.45) is 0 Å². The van der Waals surface area contributed by atoms with Crippen LogP contribution in [0.15, 0.2) is 4.79 Å². The summed E-state index contributed by atoms with van der Waals surface area (Å²) in [4.78, 5) is 31.5. The van der Waals surface area contributed by atoms with E-state index in [1.807, 2.05) is 0 Å². The summed E-state index contributed by atoms with van der Waals surface area (Å²) in [6, 6.07) is 0. The van der Waals surface area contributed by atoms with Crippen molar-refractivity contribution < 1.29 is 19.8 Å². The zero-order valence-corrected chi connectivity index (χ0v) is 6.82. The van der Waals surface area contributed by atoms with E-state index < -0.39 is 30.7 Å². The average Bonchev–Trinajstić information content (AvgIpc) is 2.34. The lowest BCUT2D eigenvalue weighted by atomic mass is 10.6. The van der Waals surface area contributed by atoms with Gasteiger partial charge in [0.1, 0.15) is 13.1 Å². The predicted octanol–water partition coefficient (Wildman–Crippen LogP) is -2.39. The third-order valence-corrected chi connectivity index (χ3v) is 1.27. The molecule has 0 bridgehead atoms. The van der Waals surface area contributed by atoms with E-state index in [0.717, 1.165) is 0 Å². The number of carboxylic acid groups (broad SMARTS) is 2. The second-order valence-electron chi connectivity index (χ2n) is 2.36. The molecular weight excluding hydrogens is 196 g/mol. The highest BCUT2D eigenvalue weighted by atomic mass is 16.4. The smallest absolute Gasteiger partial charge is 0.364 e. The van der Waals surface area contributed by atoms with Crippen molar-refractivity contribution in [3.63, 3.8) is 0 Å². The molecule has 1 aromatic rings. The molecule has 0 fully saturated rings. The van der Waals surface area contributed by atoms with Crippen LogP contribution in [0, 0.1) is 0 Å². The fraction of sp³-hybridized carbons (Fsp3) is 0.400. The summed E-state index contributed by atoms with van der Waals surface area (Å²) in [6.45, 7) is -1.28. The molecule has 0 aliphatic heterocycles. The third-order valence-electron chi connectivity index (χ3n) is 1.27. The van der Waals surface area contributed by atoms with Gasteiger partial charge in [-0.05, 0) is 10.4 Å². The molecule has 0 unspecified atom stereocenters. The quantitative estimate of drug-likeness (QED) is 0.557. The molecule has 76 valence electrons. The van der Waals surface area contributed by atoms with Crippen molar-refractivity contribution in [2.75, 3.05) is 0 Å². The Morgan fingerprint density at radius 1 is 1.07 bits per heavy atom. The van der Waals surface area contributed by atoms with Crippen LogP contribution < -0.4 is 5.69 Å². The minimum absolute atomic E-state index is 0.561. The van der Waals surface area contributed by atoms with Gasteiger partial charge in [0.2, 0.25) is 0 Å². The van der Waals surface area contributed by atoms with Crippen LogP contribution in [0.3, 0.4) is 0 Å². The Labute approximate surface area is 76.2 Å². The maximum atomic E-state index is 11.1. The number of carbonyl (C=O) groups is 2. The number of nitrogens with zero attached hydrogens (tertiary/aromatic N) is 4. The van der Waals surface area contributed by atoms with Crippen LogP contribution in [-0.4, -0.2) is 41.9 Å². The lowest BCUT2D eigenvalue weighted by Gasteiger charge is -1.91. The van der Waals surface area contributed by atoms with Crippen LogP contribution in [0.5, 0.6) is 0 Å². The molecular formula is C5H6N4O5. The van der Waals surface area contributed by atoms with Crippen LogP contribution in [0.4, 0.5) is 0 Å². The molecule has 0 saturated heterocycles. The van der Waals surface area contributed by atoms with Crippen LogP contribution in [0.1, 0.15) is 0 Å². The van der Waals surface area contributed by atoms with E-state index in [2.05, 4.69) is 10.4 Å². The monoisotopic (exact) mass is 202 g/mol. The first-order valence-corrected chi connectivity index (χ1v) is 3.45. The van der Waals surface area contributed by atoms with E-state index in [0.29, 0.717) is 9.36 Å². The maximum Gasteiger partial charge on any atom is 0.364 e. The molecule has 0 aromatic carbocycles. The molecule has 9 heteroatoms. The number of carboxylic acids is 2. The zero-order valence-electron chi connectivity index (χ0n) is 6.82. The number of aromatic nitrogens is 4. The Morgan fingerprint density at radius 3 is 1.71 bits per heavy atom. The number of tetrazole rings is 1. The molecule has 9 nitrogen and oxygen atoms in total. The second-order valence-corrected chi connectivity index (χ2v) is 2.36. The van der Waals surface area contributed by atoms with Crippen LogP contribution in [-0.2, 0) is 22.7 Å². The van der Waals surface area contributed by atoms with E-state index >= 15 is 0 Å². The van der Waals surface area contributed by atoms with Gasteiger partial charge in [-0.2, -0.15) is 9.36 Å². The van der Waals surface area contributed by atoms with Crippen molar-refractivity contribution in [1.29, 1.82) is 0 Å². The van der Waals surface area contributed by atoms with Gasteiger partial charge in [0.15, 0.2) is 0 Å². The zero-order chi connectivity index (χ0) is 10.7. The van der Waals surface area contributed by atoms with E-state index in [-0.39, 0.29) is 0 Å². The van der Waals surface area contributed by atoms with Gasteiger partial charge in [0.05, 0.1) is 0 Å². The van der Waals surface area contributed by atoms with Gasteiger partial charge in [-0.25, -0.2) is 4.79 Å². The highest BCUT2D eigenvalue weighted by molar-refractivity contribution is 5.66. The second kappa shape index (κ2) is 3.68. The SMILES string of the molecule is O=C(O)Cn1nnn(CC(=O)O)c1=O. The summed E-state index contributed by atoms with van der Waals surface area (Å²) in [5.41, 5.74) is -0.866. The largest absolute Gasteiger partial charge is 0.480 e. The van der Waals surface area contributed by atoms with E-state index in [4.69, 9.17) is 10.2 Å². The first kappa shape index (κ1) is 9.89. The fourth-order valence-electron chi connectivity index (χ4n) is 0.761. The molecule has 1 rings (SSSR count). The van der Waals surface area contributed by atoms with Gasteiger partial charge >= 0.3 is 17.6 Å². The lowest BCUT2D eigenvalue weighted by Crippen LogP contribution is -2.29. The molecule has 0 radical (unpaired) electrons. The fourth-order valence-corrected chi connectivity index (χ4v) is 0.761. The van der Waals surface area contributed by atoms with Crippen molar-refractivity contribution in [2.45, 2.75) is 13.1 Å². The summed E-state index contributed by atoms with van der Waals surface area (Å²) in [6.07, 6.45) is 0. The van der Waals surface area contributed by atoms with Crippen molar-refractivity contribution in [1.82, 2.24) is 19.8 Å². The van der Waals surface area contributed by atoms with Crippen LogP contribution >= 0.6 is 0 Å².